The Balaban J connectivity index is 4.25. The van der Waals surface area contributed by atoms with Crippen LogP contribution in [0.4, 0.5) is 4.39 Å². The minimum atomic E-state index is -1.42. The molecule has 2 heteroatoms. The fourth-order valence-corrected chi connectivity index (χ4v) is 1.94. The van der Waals surface area contributed by atoms with Gasteiger partial charge in [0.15, 0.2) is 0 Å². The summed E-state index contributed by atoms with van der Waals surface area (Å²) in [5.41, 5.74) is -1.37. The lowest BCUT2D eigenvalue weighted by Crippen LogP contribution is -2.32. The Kier molecular flexibility index (Phi) is 4.90. The molecule has 0 aliphatic carbocycles. The first-order chi connectivity index (χ1) is 5.89. The molecule has 0 aliphatic heterocycles. The van der Waals surface area contributed by atoms with Gasteiger partial charge in [0.05, 0.1) is 6.61 Å². The van der Waals surface area contributed by atoms with E-state index < -0.39 is 5.67 Å². The fourth-order valence-electron chi connectivity index (χ4n) is 1.94. The predicted molar refractivity (Wildman–Crippen MR) is 54.5 cm³/mol. The molecule has 0 aromatic heterocycles. The Labute approximate surface area is 81.3 Å². The predicted octanol–water partition coefficient (Wildman–Crippen LogP) is 3.31. The zero-order chi connectivity index (χ0) is 10.5. The van der Waals surface area contributed by atoms with Gasteiger partial charge in [0.1, 0.15) is 5.67 Å². The summed E-state index contributed by atoms with van der Waals surface area (Å²) >= 11 is 0. The van der Waals surface area contributed by atoms with Gasteiger partial charge >= 0.3 is 0 Å². The van der Waals surface area contributed by atoms with Gasteiger partial charge in [-0.1, -0.05) is 33.6 Å². The van der Waals surface area contributed by atoms with E-state index in [-0.39, 0.29) is 12.0 Å². The molecule has 0 bridgehead atoms. The van der Waals surface area contributed by atoms with Gasteiger partial charge in [-0.2, -0.15) is 0 Å². The molecule has 0 aromatic carbocycles. The summed E-state index contributed by atoms with van der Waals surface area (Å²) in [5.74, 6) is 0. The van der Waals surface area contributed by atoms with Crippen molar-refractivity contribution < 1.29 is 9.50 Å². The number of aliphatic hydroxyl groups is 1. The van der Waals surface area contributed by atoms with Gasteiger partial charge in [-0.05, 0) is 25.2 Å². The molecule has 0 aromatic rings. The van der Waals surface area contributed by atoms with Crippen molar-refractivity contribution in [1.82, 2.24) is 0 Å². The number of alkyl halides is 1. The maximum absolute atomic E-state index is 13.6. The third kappa shape index (κ3) is 4.61. The fraction of sp³-hybridized carbons (Fsp3) is 1.00. The maximum atomic E-state index is 13.6. The monoisotopic (exact) mass is 190 g/mol. The summed E-state index contributed by atoms with van der Waals surface area (Å²) in [7, 11) is 0. The number of hydrogen-bond donors (Lipinski definition) is 1. The van der Waals surface area contributed by atoms with Crippen molar-refractivity contribution in [3.05, 3.63) is 0 Å². The molecule has 0 amide bonds. The lowest BCUT2D eigenvalue weighted by atomic mass is 9.75. The van der Waals surface area contributed by atoms with Crippen LogP contribution in [0.3, 0.4) is 0 Å². The SMILES string of the molecule is CCCC(C)(CC)CC(C)(F)CO. The van der Waals surface area contributed by atoms with E-state index in [1.165, 1.54) is 6.92 Å². The molecule has 0 spiro atoms. The second-order valence-corrected chi connectivity index (χ2v) is 4.66. The molecule has 13 heavy (non-hydrogen) atoms. The average Bonchev–Trinajstić information content (AvgIpc) is 2.04. The Hall–Kier alpha value is -0.110. The average molecular weight is 190 g/mol. The highest BCUT2D eigenvalue weighted by Crippen LogP contribution is 2.37. The second-order valence-electron chi connectivity index (χ2n) is 4.66. The number of halogens is 1. The molecule has 0 heterocycles. The summed E-state index contributed by atoms with van der Waals surface area (Å²) in [6.45, 7) is 7.42. The smallest absolute Gasteiger partial charge is 0.131 e. The van der Waals surface area contributed by atoms with E-state index in [1.807, 2.05) is 0 Å². The Morgan fingerprint density at radius 2 is 1.77 bits per heavy atom. The summed E-state index contributed by atoms with van der Waals surface area (Å²) in [6, 6.07) is 0. The van der Waals surface area contributed by atoms with Crippen molar-refractivity contribution in [3.63, 3.8) is 0 Å². The van der Waals surface area contributed by atoms with Gasteiger partial charge in [0.2, 0.25) is 0 Å². The normalized spacial score (nSPS) is 20.8. The molecule has 1 nitrogen and oxygen atoms in total. The van der Waals surface area contributed by atoms with Gasteiger partial charge in [-0.3, -0.25) is 0 Å². The molecule has 0 radical (unpaired) electrons. The van der Waals surface area contributed by atoms with E-state index in [0.717, 1.165) is 19.3 Å². The van der Waals surface area contributed by atoms with E-state index in [9.17, 15) is 4.39 Å². The number of aliphatic hydroxyl groups excluding tert-OH is 1. The number of hydrogen-bond acceptors (Lipinski definition) is 1. The standard InChI is InChI=1S/C11H23FO/c1-5-7-10(3,6-2)8-11(4,12)9-13/h13H,5-9H2,1-4H3. The molecule has 2 unspecified atom stereocenters. The van der Waals surface area contributed by atoms with Gasteiger partial charge in [0.25, 0.3) is 0 Å². The summed E-state index contributed by atoms with van der Waals surface area (Å²) in [6.07, 6.45) is 3.54. The molecule has 0 fully saturated rings. The molecule has 2 atom stereocenters. The zero-order valence-electron chi connectivity index (χ0n) is 9.36. The lowest BCUT2D eigenvalue weighted by Gasteiger charge is -2.33. The van der Waals surface area contributed by atoms with Gasteiger partial charge in [-0.15, -0.1) is 0 Å². The van der Waals surface area contributed by atoms with Crippen LogP contribution in [0.5, 0.6) is 0 Å². The van der Waals surface area contributed by atoms with Crippen LogP contribution in [-0.2, 0) is 0 Å². The van der Waals surface area contributed by atoms with Gasteiger partial charge < -0.3 is 5.11 Å². The van der Waals surface area contributed by atoms with E-state index in [4.69, 9.17) is 5.11 Å². The topological polar surface area (TPSA) is 20.2 Å². The van der Waals surface area contributed by atoms with Crippen molar-refractivity contribution in [3.8, 4) is 0 Å². The highest BCUT2D eigenvalue weighted by atomic mass is 19.1. The summed E-state index contributed by atoms with van der Waals surface area (Å²) < 4.78 is 13.6. The summed E-state index contributed by atoms with van der Waals surface area (Å²) in [4.78, 5) is 0. The van der Waals surface area contributed by atoms with E-state index >= 15 is 0 Å². The minimum absolute atomic E-state index is 0.0426. The van der Waals surface area contributed by atoms with Crippen LogP contribution in [-0.4, -0.2) is 17.4 Å². The molecule has 1 N–H and O–H groups in total. The van der Waals surface area contributed by atoms with Crippen LogP contribution in [0.25, 0.3) is 0 Å². The lowest BCUT2D eigenvalue weighted by molar-refractivity contribution is 0.0339. The Bertz CT molecular complexity index is 145. The number of rotatable bonds is 6. The third-order valence-corrected chi connectivity index (χ3v) is 2.83. The highest BCUT2D eigenvalue weighted by molar-refractivity contribution is 4.83. The molecule has 0 saturated carbocycles. The van der Waals surface area contributed by atoms with Crippen LogP contribution in [0.2, 0.25) is 0 Å². The van der Waals surface area contributed by atoms with Crippen LogP contribution < -0.4 is 0 Å². The first-order valence-corrected chi connectivity index (χ1v) is 5.19. The molecule has 80 valence electrons. The van der Waals surface area contributed by atoms with E-state index in [2.05, 4.69) is 20.8 Å². The largest absolute Gasteiger partial charge is 0.393 e. The first-order valence-electron chi connectivity index (χ1n) is 5.19. The van der Waals surface area contributed by atoms with Crippen LogP contribution in [0, 0.1) is 5.41 Å². The van der Waals surface area contributed by atoms with Crippen molar-refractivity contribution in [1.29, 1.82) is 0 Å². The molecular formula is C11H23FO. The van der Waals surface area contributed by atoms with E-state index in [1.54, 1.807) is 0 Å². The molecule has 0 saturated heterocycles. The maximum Gasteiger partial charge on any atom is 0.131 e. The Morgan fingerprint density at radius 3 is 2.08 bits per heavy atom. The van der Waals surface area contributed by atoms with Gasteiger partial charge in [-0.25, -0.2) is 4.39 Å². The molecule has 0 aliphatic rings. The highest BCUT2D eigenvalue weighted by Gasteiger charge is 2.33. The van der Waals surface area contributed by atoms with Crippen molar-refractivity contribution in [2.24, 2.45) is 5.41 Å². The van der Waals surface area contributed by atoms with Crippen LogP contribution in [0.1, 0.15) is 53.4 Å². The van der Waals surface area contributed by atoms with Crippen molar-refractivity contribution in [2.45, 2.75) is 59.0 Å². The summed E-state index contributed by atoms with van der Waals surface area (Å²) in [5, 5.41) is 8.85. The molecule has 0 rings (SSSR count). The second kappa shape index (κ2) is 4.94. The van der Waals surface area contributed by atoms with E-state index in [0.29, 0.717) is 6.42 Å². The molecular weight excluding hydrogens is 167 g/mol. The first kappa shape index (κ1) is 12.9. The van der Waals surface area contributed by atoms with Crippen molar-refractivity contribution >= 4 is 0 Å². The zero-order valence-corrected chi connectivity index (χ0v) is 9.36. The van der Waals surface area contributed by atoms with Gasteiger partial charge in [0, 0.05) is 0 Å². The quantitative estimate of drug-likeness (QED) is 0.681. The van der Waals surface area contributed by atoms with Crippen LogP contribution >= 0.6 is 0 Å². The van der Waals surface area contributed by atoms with Crippen molar-refractivity contribution in [2.75, 3.05) is 6.61 Å². The minimum Gasteiger partial charge on any atom is -0.393 e. The third-order valence-electron chi connectivity index (χ3n) is 2.83. The van der Waals surface area contributed by atoms with Crippen LogP contribution in [0.15, 0.2) is 0 Å². The Morgan fingerprint density at radius 1 is 1.23 bits per heavy atom.